The molecule has 0 bridgehead atoms. The maximum atomic E-state index is 11.5. The van der Waals surface area contributed by atoms with Gasteiger partial charge in [0.05, 0.1) is 12.0 Å². The predicted molar refractivity (Wildman–Crippen MR) is 82.4 cm³/mol. The Bertz CT molecular complexity index is 658. The van der Waals surface area contributed by atoms with Crippen molar-refractivity contribution in [3.8, 4) is 0 Å². The number of carbonyl (C=O) groups is 3. The van der Waals surface area contributed by atoms with Crippen LogP contribution in [0.25, 0.3) is 0 Å². The standard InChI is InChI=1S/C15H14N2O5S/c18-13(16-17-15(20)12-7-4-8-21-12)9-22-14(19)10-23-11-5-2-1-3-6-11/h1-8H,9-10H2,(H,16,18)(H,17,20). The van der Waals surface area contributed by atoms with E-state index in [4.69, 9.17) is 9.15 Å². The molecule has 0 saturated carbocycles. The molecule has 0 radical (unpaired) electrons. The Labute approximate surface area is 136 Å². The second-order valence-electron chi connectivity index (χ2n) is 4.24. The first-order valence-corrected chi connectivity index (χ1v) is 7.60. The fourth-order valence-electron chi connectivity index (χ4n) is 1.48. The highest BCUT2D eigenvalue weighted by molar-refractivity contribution is 8.00. The summed E-state index contributed by atoms with van der Waals surface area (Å²) in [6, 6.07) is 12.3. The molecule has 2 amide bonds. The average Bonchev–Trinajstić information content (AvgIpc) is 3.11. The van der Waals surface area contributed by atoms with Gasteiger partial charge in [0.25, 0.3) is 5.91 Å². The van der Waals surface area contributed by atoms with Gasteiger partial charge in [-0.25, -0.2) is 0 Å². The summed E-state index contributed by atoms with van der Waals surface area (Å²) in [5.74, 6) is -1.62. The van der Waals surface area contributed by atoms with Gasteiger partial charge in [-0.3, -0.25) is 25.2 Å². The molecular formula is C15H14N2O5S. The van der Waals surface area contributed by atoms with E-state index in [-0.39, 0.29) is 11.5 Å². The van der Waals surface area contributed by atoms with E-state index in [1.165, 1.54) is 24.1 Å². The molecule has 0 aliphatic rings. The van der Waals surface area contributed by atoms with Crippen LogP contribution in [0.5, 0.6) is 0 Å². The van der Waals surface area contributed by atoms with Gasteiger partial charge in [-0.1, -0.05) is 18.2 Å². The lowest BCUT2D eigenvalue weighted by molar-refractivity contribution is -0.146. The first-order chi connectivity index (χ1) is 11.1. The lowest BCUT2D eigenvalue weighted by Crippen LogP contribution is -2.43. The molecule has 0 fully saturated rings. The summed E-state index contributed by atoms with van der Waals surface area (Å²) in [5.41, 5.74) is 4.26. The van der Waals surface area contributed by atoms with Crippen LogP contribution >= 0.6 is 11.8 Å². The summed E-state index contributed by atoms with van der Waals surface area (Å²) < 4.78 is 9.65. The molecule has 0 spiro atoms. The Balaban J connectivity index is 1.62. The number of amides is 2. The SMILES string of the molecule is O=C(COC(=O)CSc1ccccc1)NNC(=O)c1ccco1. The van der Waals surface area contributed by atoms with Gasteiger partial charge < -0.3 is 9.15 Å². The molecule has 0 unspecified atom stereocenters. The minimum Gasteiger partial charge on any atom is -0.459 e. The highest BCUT2D eigenvalue weighted by Crippen LogP contribution is 2.16. The van der Waals surface area contributed by atoms with Crippen molar-refractivity contribution in [2.24, 2.45) is 0 Å². The number of rotatable bonds is 6. The molecular weight excluding hydrogens is 320 g/mol. The summed E-state index contributed by atoms with van der Waals surface area (Å²) in [4.78, 5) is 35.4. The van der Waals surface area contributed by atoms with E-state index in [0.29, 0.717) is 0 Å². The van der Waals surface area contributed by atoms with Gasteiger partial charge in [0, 0.05) is 4.90 Å². The van der Waals surface area contributed by atoms with E-state index in [9.17, 15) is 14.4 Å². The quantitative estimate of drug-likeness (QED) is 0.470. The highest BCUT2D eigenvalue weighted by atomic mass is 32.2. The molecule has 0 aliphatic carbocycles. The third-order valence-corrected chi connectivity index (χ3v) is 3.51. The van der Waals surface area contributed by atoms with Crippen molar-refractivity contribution in [1.82, 2.24) is 10.9 Å². The molecule has 1 heterocycles. The summed E-state index contributed by atoms with van der Waals surface area (Å²) in [5, 5.41) is 0. The predicted octanol–water partition coefficient (Wildman–Crippen LogP) is 1.38. The van der Waals surface area contributed by atoms with Crippen molar-refractivity contribution in [2.45, 2.75) is 4.90 Å². The van der Waals surface area contributed by atoms with Crippen LogP contribution in [-0.4, -0.2) is 30.1 Å². The molecule has 0 saturated heterocycles. The number of carbonyl (C=O) groups excluding carboxylic acids is 3. The van der Waals surface area contributed by atoms with Crippen molar-refractivity contribution in [1.29, 1.82) is 0 Å². The van der Waals surface area contributed by atoms with Gasteiger partial charge in [0.2, 0.25) is 0 Å². The number of hydrogen-bond donors (Lipinski definition) is 2. The second kappa shape index (κ2) is 8.64. The summed E-state index contributed by atoms with van der Waals surface area (Å²) >= 11 is 1.31. The third-order valence-electron chi connectivity index (χ3n) is 2.52. The smallest absolute Gasteiger partial charge is 0.316 e. The van der Waals surface area contributed by atoms with Crippen LogP contribution in [0.3, 0.4) is 0 Å². The Morgan fingerprint density at radius 2 is 1.83 bits per heavy atom. The molecule has 2 aromatic rings. The normalized spacial score (nSPS) is 9.91. The van der Waals surface area contributed by atoms with Crippen molar-refractivity contribution < 1.29 is 23.5 Å². The topological polar surface area (TPSA) is 97.6 Å². The Kier molecular flexibility index (Phi) is 6.25. The Hall–Kier alpha value is -2.74. The number of esters is 1. The van der Waals surface area contributed by atoms with E-state index in [2.05, 4.69) is 10.9 Å². The number of hydrogen-bond acceptors (Lipinski definition) is 6. The zero-order valence-electron chi connectivity index (χ0n) is 12.0. The Morgan fingerprint density at radius 1 is 1.04 bits per heavy atom. The van der Waals surface area contributed by atoms with Gasteiger partial charge in [0.15, 0.2) is 12.4 Å². The van der Waals surface area contributed by atoms with Crippen LogP contribution in [-0.2, 0) is 14.3 Å². The van der Waals surface area contributed by atoms with Crippen LogP contribution in [0.15, 0.2) is 58.0 Å². The fraction of sp³-hybridized carbons (Fsp3) is 0.133. The summed E-state index contributed by atoms with van der Waals surface area (Å²) in [6.45, 7) is -0.480. The second-order valence-corrected chi connectivity index (χ2v) is 5.29. The molecule has 2 N–H and O–H groups in total. The van der Waals surface area contributed by atoms with Crippen LogP contribution in [0, 0.1) is 0 Å². The van der Waals surface area contributed by atoms with Crippen LogP contribution in [0.2, 0.25) is 0 Å². The number of ether oxygens (including phenoxy) is 1. The minimum atomic E-state index is -0.650. The monoisotopic (exact) mass is 334 g/mol. The van der Waals surface area contributed by atoms with E-state index >= 15 is 0 Å². The lowest BCUT2D eigenvalue weighted by atomic mass is 10.4. The first kappa shape index (κ1) is 16.6. The number of hydrazine groups is 1. The van der Waals surface area contributed by atoms with Crippen molar-refractivity contribution in [3.63, 3.8) is 0 Å². The molecule has 120 valence electrons. The lowest BCUT2D eigenvalue weighted by Gasteiger charge is -2.07. The molecule has 1 aromatic heterocycles. The number of thioether (sulfide) groups is 1. The number of furan rings is 1. The first-order valence-electron chi connectivity index (χ1n) is 6.61. The van der Waals surface area contributed by atoms with Crippen LogP contribution in [0.4, 0.5) is 0 Å². The molecule has 23 heavy (non-hydrogen) atoms. The Morgan fingerprint density at radius 3 is 2.52 bits per heavy atom. The van der Waals surface area contributed by atoms with Gasteiger partial charge in [-0.05, 0) is 24.3 Å². The fourth-order valence-corrected chi connectivity index (χ4v) is 2.20. The van der Waals surface area contributed by atoms with Gasteiger partial charge in [0.1, 0.15) is 0 Å². The van der Waals surface area contributed by atoms with E-state index in [1.807, 2.05) is 30.3 Å². The molecule has 1 aromatic carbocycles. The minimum absolute atomic E-state index is 0.0570. The van der Waals surface area contributed by atoms with E-state index in [0.717, 1.165) is 4.90 Å². The molecule has 7 nitrogen and oxygen atoms in total. The third kappa shape index (κ3) is 5.87. The maximum Gasteiger partial charge on any atom is 0.316 e. The summed E-state index contributed by atoms with van der Waals surface area (Å²) in [6.07, 6.45) is 1.34. The van der Waals surface area contributed by atoms with Crippen LogP contribution < -0.4 is 10.9 Å². The van der Waals surface area contributed by atoms with Crippen molar-refractivity contribution in [2.75, 3.05) is 12.4 Å². The zero-order valence-corrected chi connectivity index (χ0v) is 12.8. The largest absolute Gasteiger partial charge is 0.459 e. The average molecular weight is 334 g/mol. The molecule has 0 atom stereocenters. The van der Waals surface area contributed by atoms with E-state index in [1.54, 1.807) is 6.07 Å². The van der Waals surface area contributed by atoms with Gasteiger partial charge in [-0.2, -0.15) is 0 Å². The number of nitrogens with one attached hydrogen (secondary N) is 2. The zero-order chi connectivity index (χ0) is 16.5. The van der Waals surface area contributed by atoms with E-state index < -0.39 is 24.4 Å². The number of benzene rings is 1. The summed E-state index contributed by atoms with van der Waals surface area (Å²) in [7, 11) is 0. The highest BCUT2D eigenvalue weighted by Gasteiger charge is 2.11. The van der Waals surface area contributed by atoms with Crippen molar-refractivity contribution >= 4 is 29.5 Å². The molecule has 2 rings (SSSR count). The maximum absolute atomic E-state index is 11.5. The molecule has 0 aliphatic heterocycles. The van der Waals surface area contributed by atoms with Crippen molar-refractivity contribution in [3.05, 3.63) is 54.5 Å². The van der Waals surface area contributed by atoms with Gasteiger partial charge >= 0.3 is 11.9 Å². The molecule has 8 heteroatoms. The van der Waals surface area contributed by atoms with Gasteiger partial charge in [-0.15, -0.1) is 11.8 Å². The van der Waals surface area contributed by atoms with Crippen LogP contribution in [0.1, 0.15) is 10.6 Å².